The van der Waals surface area contributed by atoms with E-state index >= 15 is 0 Å². The van der Waals surface area contributed by atoms with Crippen LogP contribution in [-0.2, 0) is 16.0 Å². The van der Waals surface area contributed by atoms with Gasteiger partial charge in [0.05, 0.1) is 13.5 Å². The van der Waals surface area contributed by atoms with E-state index in [9.17, 15) is 4.79 Å². The highest BCUT2D eigenvalue weighted by Crippen LogP contribution is 2.43. The molecule has 2 nitrogen and oxygen atoms in total. The number of benzene rings is 1. The minimum Gasteiger partial charge on any atom is -0.469 e. The van der Waals surface area contributed by atoms with E-state index in [2.05, 4.69) is 24.3 Å². The maximum absolute atomic E-state index is 11.7. The minimum absolute atomic E-state index is 0.0463. The van der Waals surface area contributed by atoms with Gasteiger partial charge in [0.1, 0.15) is 0 Å². The second-order valence-electron chi connectivity index (χ2n) is 5.80. The summed E-state index contributed by atoms with van der Waals surface area (Å²) in [6.07, 6.45) is 8.94. The molecular formula is C17H24O2. The number of esters is 1. The second kappa shape index (κ2) is 6.74. The van der Waals surface area contributed by atoms with Gasteiger partial charge >= 0.3 is 5.97 Å². The number of hydrogen-bond acceptors (Lipinski definition) is 2. The third kappa shape index (κ3) is 4.09. The molecule has 2 rings (SSSR count). The molecule has 0 spiro atoms. The lowest BCUT2D eigenvalue weighted by Crippen LogP contribution is -2.28. The first-order valence-corrected chi connectivity index (χ1v) is 7.35. The minimum atomic E-state index is -0.0463. The lowest BCUT2D eigenvalue weighted by molar-refractivity contribution is -0.144. The van der Waals surface area contributed by atoms with Crippen LogP contribution in [0, 0.1) is 5.41 Å². The Morgan fingerprint density at radius 2 is 1.84 bits per heavy atom. The summed E-state index contributed by atoms with van der Waals surface area (Å²) in [4.78, 5) is 11.7. The van der Waals surface area contributed by atoms with Crippen molar-refractivity contribution in [2.24, 2.45) is 5.41 Å². The summed E-state index contributed by atoms with van der Waals surface area (Å²) in [6, 6.07) is 10.6. The van der Waals surface area contributed by atoms with E-state index in [0.29, 0.717) is 6.42 Å². The first-order chi connectivity index (χ1) is 9.24. The van der Waals surface area contributed by atoms with Crippen LogP contribution in [0.3, 0.4) is 0 Å². The Kier molecular flexibility index (Phi) is 5.00. The van der Waals surface area contributed by atoms with Gasteiger partial charge in [-0.1, -0.05) is 49.6 Å². The standard InChI is InChI=1S/C17H24O2/c1-19-16(18)14-17(11-6-3-7-12-17)13-10-15-8-4-2-5-9-15/h2,4-5,8-9H,3,6-7,10-14H2,1H3. The number of carbonyl (C=O) groups excluding carboxylic acids is 1. The average molecular weight is 260 g/mol. The average Bonchev–Trinajstić information content (AvgIpc) is 2.47. The van der Waals surface area contributed by atoms with Crippen molar-refractivity contribution in [2.45, 2.75) is 51.4 Å². The van der Waals surface area contributed by atoms with Crippen molar-refractivity contribution in [1.29, 1.82) is 0 Å². The smallest absolute Gasteiger partial charge is 0.306 e. The van der Waals surface area contributed by atoms with Crippen LogP contribution in [0.2, 0.25) is 0 Å². The molecule has 2 heteroatoms. The van der Waals surface area contributed by atoms with Crippen LogP contribution in [-0.4, -0.2) is 13.1 Å². The highest BCUT2D eigenvalue weighted by molar-refractivity contribution is 5.70. The fourth-order valence-corrected chi connectivity index (χ4v) is 3.25. The van der Waals surface area contributed by atoms with Crippen molar-refractivity contribution in [2.75, 3.05) is 7.11 Å². The Hall–Kier alpha value is -1.31. The highest BCUT2D eigenvalue weighted by Gasteiger charge is 2.34. The number of methoxy groups -OCH3 is 1. The van der Waals surface area contributed by atoms with Gasteiger partial charge in [0.25, 0.3) is 0 Å². The van der Waals surface area contributed by atoms with Crippen molar-refractivity contribution in [3.05, 3.63) is 35.9 Å². The molecular weight excluding hydrogens is 236 g/mol. The Morgan fingerprint density at radius 3 is 2.47 bits per heavy atom. The van der Waals surface area contributed by atoms with Crippen LogP contribution < -0.4 is 0 Å². The third-order valence-corrected chi connectivity index (χ3v) is 4.45. The lowest BCUT2D eigenvalue weighted by atomic mass is 9.68. The summed E-state index contributed by atoms with van der Waals surface area (Å²) in [5.41, 5.74) is 1.55. The highest BCUT2D eigenvalue weighted by atomic mass is 16.5. The van der Waals surface area contributed by atoms with Gasteiger partial charge in [-0.05, 0) is 36.7 Å². The predicted octanol–water partition coefficient (Wildman–Crippen LogP) is 4.13. The van der Waals surface area contributed by atoms with Crippen LogP contribution in [0.1, 0.15) is 50.5 Å². The second-order valence-corrected chi connectivity index (χ2v) is 5.80. The van der Waals surface area contributed by atoms with E-state index < -0.39 is 0 Å². The van der Waals surface area contributed by atoms with Gasteiger partial charge < -0.3 is 4.74 Å². The van der Waals surface area contributed by atoms with Crippen LogP contribution >= 0.6 is 0 Å². The van der Waals surface area contributed by atoms with Crippen molar-refractivity contribution < 1.29 is 9.53 Å². The summed E-state index contributed by atoms with van der Waals surface area (Å²) >= 11 is 0. The Bertz CT molecular complexity index is 391. The van der Waals surface area contributed by atoms with Crippen LogP contribution in [0.15, 0.2) is 30.3 Å². The molecule has 0 unspecified atom stereocenters. The third-order valence-electron chi connectivity index (χ3n) is 4.45. The molecule has 0 bridgehead atoms. The summed E-state index contributed by atoms with van der Waals surface area (Å²) in [5.74, 6) is -0.0463. The Balaban J connectivity index is 1.99. The van der Waals surface area contributed by atoms with E-state index in [1.807, 2.05) is 6.07 Å². The molecule has 0 radical (unpaired) electrons. The summed E-state index contributed by atoms with van der Waals surface area (Å²) in [5, 5.41) is 0. The fraction of sp³-hybridized carbons (Fsp3) is 0.588. The molecule has 1 aromatic rings. The zero-order valence-electron chi connectivity index (χ0n) is 11.9. The molecule has 1 aliphatic carbocycles. The zero-order valence-corrected chi connectivity index (χ0v) is 11.9. The SMILES string of the molecule is COC(=O)CC1(CCc2ccccc2)CCCCC1. The maximum Gasteiger partial charge on any atom is 0.306 e. The molecule has 19 heavy (non-hydrogen) atoms. The molecule has 1 aromatic carbocycles. The van der Waals surface area contributed by atoms with E-state index in [0.717, 1.165) is 12.8 Å². The lowest BCUT2D eigenvalue weighted by Gasteiger charge is -2.36. The van der Waals surface area contributed by atoms with Crippen molar-refractivity contribution in [1.82, 2.24) is 0 Å². The normalized spacial score (nSPS) is 17.9. The van der Waals surface area contributed by atoms with Gasteiger partial charge in [-0.15, -0.1) is 0 Å². The number of aryl methyl sites for hydroxylation is 1. The van der Waals surface area contributed by atoms with Gasteiger partial charge in [-0.2, -0.15) is 0 Å². The molecule has 1 fully saturated rings. The molecule has 0 saturated heterocycles. The molecule has 0 aromatic heterocycles. The first-order valence-electron chi connectivity index (χ1n) is 7.35. The van der Waals surface area contributed by atoms with Gasteiger partial charge in [0.15, 0.2) is 0 Å². The van der Waals surface area contributed by atoms with Crippen LogP contribution in [0.4, 0.5) is 0 Å². The molecule has 0 aliphatic heterocycles. The van der Waals surface area contributed by atoms with Crippen LogP contribution in [0.25, 0.3) is 0 Å². The van der Waals surface area contributed by atoms with E-state index in [4.69, 9.17) is 4.74 Å². The van der Waals surface area contributed by atoms with Crippen molar-refractivity contribution in [3.63, 3.8) is 0 Å². The molecule has 0 heterocycles. The Labute approximate surface area is 116 Å². The Morgan fingerprint density at radius 1 is 1.16 bits per heavy atom. The topological polar surface area (TPSA) is 26.3 Å². The number of carbonyl (C=O) groups is 1. The van der Waals surface area contributed by atoms with E-state index in [1.54, 1.807) is 0 Å². The van der Waals surface area contributed by atoms with Crippen molar-refractivity contribution in [3.8, 4) is 0 Å². The number of hydrogen-bond donors (Lipinski definition) is 0. The molecule has 104 valence electrons. The fourth-order valence-electron chi connectivity index (χ4n) is 3.25. The van der Waals surface area contributed by atoms with Gasteiger partial charge in [-0.3, -0.25) is 4.79 Å². The molecule has 0 amide bonds. The quantitative estimate of drug-likeness (QED) is 0.744. The van der Waals surface area contributed by atoms with Gasteiger partial charge in [-0.25, -0.2) is 0 Å². The summed E-state index contributed by atoms with van der Waals surface area (Å²) in [6.45, 7) is 0. The van der Waals surface area contributed by atoms with Crippen molar-refractivity contribution >= 4 is 5.97 Å². The predicted molar refractivity (Wildman–Crippen MR) is 76.9 cm³/mol. The number of ether oxygens (including phenoxy) is 1. The monoisotopic (exact) mass is 260 g/mol. The largest absolute Gasteiger partial charge is 0.469 e. The molecule has 0 N–H and O–H groups in total. The van der Waals surface area contributed by atoms with Crippen LogP contribution in [0.5, 0.6) is 0 Å². The van der Waals surface area contributed by atoms with Gasteiger partial charge in [0.2, 0.25) is 0 Å². The summed E-state index contributed by atoms with van der Waals surface area (Å²) in [7, 11) is 1.50. The summed E-state index contributed by atoms with van der Waals surface area (Å²) < 4.78 is 4.89. The van der Waals surface area contributed by atoms with E-state index in [1.165, 1.54) is 44.8 Å². The van der Waals surface area contributed by atoms with Gasteiger partial charge in [0, 0.05) is 0 Å². The van der Waals surface area contributed by atoms with E-state index in [-0.39, 0.29) is 11.4 Å². The zero-order chi connectivity index (χ0) is 13.6. The maximum atomic E-state index is 11.7. The first kappa shape index (κ1) is 14.1. The number of rotatable bonds is 5. The molecule has 0 atom stereocenters. The molecule has 1 aliphatic rings. The molecule has 1 saturated carbocycles.